The third-order valence-electron chi connectivity index (χ3n) is 3.53. The fraction of sp³-hybridized carbons (Fsp3) is 0.600. The summed E-state index contributed by atoms with van der Waals surface area (Å²) in [5, 5.41) is 0. The van der Waals surface area contributed by atoms with Crippen LogP contribution in [-0.4, -0.2) is 31.5 Å². The molecular weight excluding hydrogens is 292 g/mol. The van der Waals surface area contributed by atoms with Crippen molar-refractivity contribution in [1.82, 2.24) is 0 Å². The van der Waals surface area contributed by atoms with Gasteiger partial charge in [-0.2, -0.15) is 8.42 Å². The van der Waals surface area contributed by atoms with E-state index in [9.17, 15) is 8.42 Å². The normalized spacial score (nSPS) is 21.6. The molecule has 0 aliphatic carbocycles. The van der Waals surface area contributed by atoms with Gasteiger partial charge in [-0.15, -0.1) is 0 Å². The molecule has 0 saturated carbocycles. The molecular formula is C15H22O5S. The van der Waals surface area contributed by atoms with Crippen LogP contribution in [0.4, 0.5) is 0 Å². The van der Waals surface area contributed by atoms with Gasteiger partial charge in [0.1, 0.15) is 0 Å². The lowest BCUT2D eigenvalue weighted by Gasteiger charge is -2.16. The molecule has 1 aliphatic rings. The van der Waals surface area contributed by atoms with E-state index in [0.29, 0.717) is 6.61 Å². The Morgan fingerprint density at radius 2 is 1.90 bits per heavy atom. The maximum absolute atomic E-state index is 10.9. The van der Waals surface area contributed by atoms with Crippen LogP contribution < -0.4 is 0 Å². The first-order valence-electron chi connectivity index (χ1n) is 7.14. The molecule has 0 radical (unpaired) electrons. The Hall–Kier alpha value is -0.950. The maximum Gasteiger partial charge on any atom is 0.294 e. The predicted molar refractivity (Wildman–Crippen MR) is 78.7 cm³/mol. The van der Waals surface area contributed by atoms with E-state index < -0.39 is 15.9 Å². The fourth-order valence-corrected chi connectivity index (χ4v) is 2.91. The molecule has 1 saturated heterocycles. The molecule has 1 unspecified atom stereocenters. The van der Waals surface area contributed by atoms with Gasteiger partial charge in [0.2, 0.25) is 0 Å². The fourth-order valence-electron chi connectivity index (χ4n) is 2.43. The second-order valence-corrected chi connectivity index (χ2v) is 7.24. The monoisotopic (exact) mass is 314 g/mol. The third kappa shape index (κ3) is 5.07. The van der Waals surface area contributed by atoms with Gasteiger partial charge in [-0.1, -0.05) is 18.6 Å². The molecule has 1 atom stereocenters. The molecule has 21 heavy (non-hydrogen) atoms. The maximum atomic E-state index is 10.9. The SMILES string of the molecule is CC1(C)OCC(CCCCc2ccc(S(=O)(=O)O)cc2)O1. The highest BCUT2D eigenvalue weighted by molar-refractivity contribution is 7.85. The van der Waals surface area contributed by atoms with Gasteiger partial charge in [0.15, 0.2) is 5.79 Å². The van der Waals surface area contributed by atoms with E-state index in [0.717, 1.165) is 31.2 Å². The van der Waals surface area contributed by atoms with Crippen LogP contribution in [0.3, 0.4) is 0 Å². The average Bonchev–Trinajstić information content (AvgIpc) is 2.74. The average molecular weight is 314 g/mol. The molecule has 0 bridgehead atoms. The van der Waals surface area contributed by atoms with Crippen LogP contribution >= 0.6 is 0 Å². The molecule has 6 heteroatoms. The first kappa shape index (κ1) is 16.4. The summed E-state index contributed by atoms with van der Waals surface area (Å²) in [6, 6.07) is 6.34. The zero-order valence-corrected chi connectivity index (χ0v) is 13.2. The minimum Gasteiger partial charge on any atom is -0.348 e. The van der Waals surface area contributed by atoms with Gasteiger partial charge in [0.05, 0.1) is 17.6 Å². The zero-order valence-electron chi connectivity index (χ0n) is 12.4. The Bertz CT molecular complexity index is 562. The molecule has 1 N–H and O–H groups in total. The lowest BCUT2D eigenvalue weighted by atomic mass is 10.1. The largest absolute Gasteiger partial charge is 0.348 e. The molecule has 5 nitrogen and oxygen atoms in total. The van der Waals surface area contributed by atoms with Crippen LogP contribution in [0.15, 0.2) is 29.2 Å². The third-order valence-corrected chi connectivity index (χ3v) is 4.40. The van der Waals surface area contributed by atoms with Crippen molar-refractivity contribution in [3.8, 4) is 0 Å². The summed E-state index contributed by atoms with van der Waals surface area (Å²) in [6.07, 6.45) is 4.05. The van der Waals surface area contributed by atoms with E-state index in [1.807, 2.05) is 13.8 Å². The second kappa shape index (κ2) is 6.44. The Balaban J connectivity index is 1.72. The van der Waals surface area contributed by atoms with Gasteiger partial charge in [-0.05, 0) is 50.8 Å². The van der Waals surface area contributed by atoms with E-state index in [1.54, 1.807) is 12.1 Å². The second-order valence-electron chi connectivity index (χ2n) is 5.82. The molecule has 0 amide bonds. The summed E-state index contributed by atoms with van der Waals surface area (Å²) in [6.45, 7) is 4.49. The lowest BCUT2D eigenvalue weighted by Crippen LogP contribution is -2.21. The van der Waals surface area contributed by atoms with Crippen LogP contribution in [0, 0.1) is 0 Å². The van der Waals surface area contributed by atoms with Crippen molar-refractivity contribution in [2.45, 2.75) is 56.3 Å². The van der Waals surface area contributed by atoms with Crippen LogP contribution in [0.5, 0.6) is 0 Å². The van der Waals surface area contributed by atoms with Crippen molar-refractivity contribution in [3.05, 3.63) is 29.8 Å². The molecule has 1 fully saturated rings. The minimum absolute atomic E-state index is 0.0648. The van der Waals surface area contributed by atoms with Gasteiger partial charge in [0, 0.05) is 0 Å². The zero-order chi connectivity index (χ0) is 15.5. The molecule has 1 heterocycles. The van der Waals surface area contributed by atoms with Crippen molar-refractivity contribution in [2.24, 2.45) is 0 Å². The smallest absolute Gasteiger partial charge is 0.294 e. The molecule has 1 aromatic rings. The number of benzene rings is 1. The Morgan fingerprint density at radius 3 is 2.43 bits per heavy atom. The van der Waals surface area contributed by atoms with Gasteiger partial charge < -0.3 is 9.47 Å². The first-order chi connectivity index (χ1) is 9.76. The Kier molecular flexibility index (Phi) is 5.03. The number of rotatable bonds is 6. The Labute approximate surface area is 126 Å². The standard InChI is InChI=1S/C15H22O5S/c1-15(2)19-11-13(20-15)6-4-3-5-12-7-9-14(10-8-12)21(16,17)18/h7-10,13H,3-6,11H2,1-2H3,(H,16,17,18). The molecule has 1 aliphatic heterocycles. The van der Waals surface area contributed by atoms with Crippen molar-refractivity contribution >= 4 is 10.1 Å². The van der Waals surface area contributed by atoms with Gasteiger partial charge in [0.25, 0.3) is 10.1 Å². The molecule has 118 valence electrons. The van der Waals surface area contributed by atoms with E-state index in [-0.39, 0.29) is 11.0 Å². The summed E-state index contributed by atoms with van der Waals surface area (Å²) in [5.74, 6) is -0.462. The van der Waals surface area contributed by atoms with Crippen LogP contribution in [0.1, 0.15) is 38.7 Å². The van der Waals surface area contributed by atoms with Crippen molar-refractivity contribution in [3.63, 3.8) is 0 Å². The van der Waals surface area contributed by atoms with Gasteiger partial charge >= 0.3 is 0 Å². The summed E-state index contributed by atoms with van der Waals surface area (Å²) >= 11 is 0. The quantitative estimate of drug-likeness (QED) is 0.645. The number of unbranched alkanes of at least 4 members (excludes halogenated alkanes) is 1. The summed E-state index contributed by atoms with van der Waals surface area (Å²) in [5.41, 5.74) is 1.06. The number of hydrogen-bond donors (Lipinski definition) is 1. The van der Waals surface area contributed by atoms with E-state index >= 15 is 0 Å². The van der Waals surface area contributed by atoms with E-state index in [1.165, 1.54) is 12.1 Å². The predicted octanol–water partition coefficient (Wildman–Crippen LogP) is 2.80. The van der Waals surface area contributed by atoms with Crippen LogP contribution in [0.25, 0.3) is 0 Å². The van der Waals surface area contributed by atoms with Gasteiger partial charge in [-0.25, -0.2) is 0 Å². The number of aryl methyl sites for hydroxylation is 1. The highest BCUT2D eigenvalue weighted by atomic mass is 32.2. The summed E-state index contributed by atoms with van der Waals surface area (Å²) in [4.78, 5) is -0.0648. The number of ether oxygens (including phenoxy) is 2. The number of hydrogen-bond acceptors (Lipinski definition) is 4. The van der Waals surface area contributed by atoms with Gasteiger partial charge in [-0.3, -0.25) is 4.55 Å². The minimum atomic E-state index is -4.10. The van der Waals surface area contributed by atoms with Crippen LogP contribution in [-0.2, 0) is 26.0 Å². The van der Waals surface area contributed by atoms with Crippen molar-refractivity contribution in [1.29, 1.82) is 0 Å². The molecule has 0 aromatic heterocycles. The summed E-state index contributed by atoms with van der Waals surface area (Å²) in [7, 11) is -4.10. The highest BCUT2D eigenvalue weighted by Crippen LogP contribution is 2.25. The van der Waals surface area contributed by atoms with E-state index in [4.69, 9.17) is 14.0 Å². The highest BCUT2D eigenvalue weighted by Gasteiger charge is 2.31. The van der Waals surface area contributed by atoms with Crippen molar-refractivity contribution in [2.75, 3.05) is 6.61 Å². The molecule has 2 rings (SSSR count). The lowest BCUT2D eigenvalue weighted by molar-refractivity contribution is -0.139. The summed E-state index contributed by atoms with van der Waals surface area (Å²) < 4.78 is 42.0. The van der Waals surface area contributed by atoms with Crippen LogP contribution in [0.2, 0.25) is 0 Å². The Morgan fingerprint density at radius 1 is 1.24 bits per heavy atom. The van der Waals surface area contributed by atoms with E-state index in [2.05, 4.69) is 0 Å². The topological polar surface area (TPSA) is 72.8 Å². The molecule has 1 aromatic carbocycles. The molecule has 0 spiro atoms. The first-order valence-corrected chi connectivity index (χ1v) is 8.58. The van der Waals surface area contributed by atoms with Crippen molar-refractivity contribution < 1.29 is 22.4 Å².